The smallest absolute Gasteiger partial charge is 0.330 e. The first-order valence-corrected chi connectivity index (χ1v) is 6.68. The maximum Gasteiger partial charge on any atom is 0.330 e. The van der Waals surface area contributed by atoms with Crippen molar-refractivity contribution in [3.8, 4) is 0 Å². The van der Waals surface area contributed by atoms with Gasteiger partial charge in [-0.2, -0.15) is 0 Å². The summed E-state index contributed by atoms with van der Waals surface area (Å²) in [5.74, 6) is 0.918. The predicted molar refractivity (Wildman–Crippen MR) is 72.3 cm³/mol. The second-order valence-corrected chi connectivity index (χ2v) is 4.68. The number of carbonyl (C=O) groups excluding carboxylic acids is 1. The first-order chi connectivity index (χ1) is 8.76. The maximum absolute atomic E-state index is 11.5. The highest BCUT2D eigenvalue weighted by atomic mass is 16.5. The third kappa shape index (κ3) is 3.00. The average Bonchev–Trinajstić information content (AvgIpc) is 3.17. The highest BCUT2D eigenvalue weighted by Gasteiger charge is 2.40. The molecule has 0 heterocycles. The number of hydrogen-bond donors (Lipinski definition) is 0. The summed E-state index contributed by atoms with van der Waals surface area (Å²) in [6.45, 7) is 4.38. The number of ether oxygens (including phenoxy) is 1. The van der Waals surface area contributed by atoms with Crippen molar-refractivity contribution < 1.29 is 9.53 Å². The van der Waals surface area contributed by atoms with E-state index in [0.717, 1.165) is 12.8 Å². The standard InChI is InChI=1S/C16H20O2/c1-3-12(10-16(17)18-4-2)14-11-15(14)13-8-6-5-7-9-13/h5-10,14-15H,3-4,11H2,1-2H3/t14-,15-/m1/s1. The largest absolute Gasteiger partial charge is 0.463 e. The molecule has 0 aromatic heterocycles. The van der Waals surface area contributed by atoms with Gasteiger partial charge in [0.25, 0.3) is 0 Å². The maximum atomic E-state index is 11.5. The molecule has 18 heavy (non-hydrogen) atoms. The molecule has 96 valence electrons. The highest BCUT2D eigenvalue weighted by molar-refractivity contribution is 5.83. The van der Waals surface area contributed by atoms with Gasteiger partial charge in [-0.05, 0) is 37.2 Å². The molecule has 1 saturated carbocycles. The Balaban J connectivity index is 2.02. The van der Waals surface area contributed by atoms with Crippen LogP contribution in [0.4, 0.5) is 0 Å². The fraction of sp³-hybridized carbons (Fsp3) is 0.438. The van der Waals surface area contributed by atoms with Crippen LogP contribution in [0.2, 0.25) is 0 Å². The van der Waals surface area contributed by atoms with Crippen molar-refractivity contribution in [1.29, 1.82) is 0 Å². The Hall–Kier alpha value is -1.57. The lowest BCUT2D eigenvalue weighted by Gasteiger charge is -2.04. The van der Waals surface area contributed by atoms with Gasteiger partial charge in [-0.25, -0.2) is 4.79 Å². The summed E-state index contributed by atoms with van der Waals surface area (Å²) in [4.78, 5) is 11.5. The molecule has 0 spiro atoms. The summed E-state index contributed by atoms with van der Waals surface area (Å²) in [7, 11) is 0. The number of rotatable bonds is 5. The molecular weight excluding hydrogens is 224 g/mol. The number of benzene rings is 1. The first-order valence-electron chi connectivity index (χ1n) is 6.68. The van der Waals surface area contributed by atoms with E-state index in [1.165, 1.54) is 11.1 Å². The summed E-state index contributed by atoms with van der Waals surface area (Å²) in [5.41, 5.74) is 2.60. The molecule has 1 fully saturated rings. The van der Waals surface area contributed by atoms with Crippen molar-refractivity contribution in [1.82, 2.24) is 0 Å². The van der Waals surface area contributed by atoms with Crippen molar-refractivity contribution in [3.05, 3.63) is 47.5 Å². The third-order valence-electron chi connectivity index (χ3n) is 3.49. The monoisotopic (exact) mass is 244 g/mol. The van der Waals surface area contributed by atoms with E-state index in [0.29, 0.717) is 18.4 Å². The van der Waals surface area contributed by atoms with Crippen LogP contribution >= 0.6 is 0 Å². The van der Waals surface area contributed by atoms with Crippen LogP contribution in [-0.2, 0) is 9.53 Å². The topological polar surface area (TPSA) is 26.3 Å². The van der Waals surface area contributed by atoms with E-state index >= 15 is 0 Å². The van der Waals surface area contributed by atoms with Gasteiger partial charge in [-0.1, -0.05) is 42.8 Å². The Labute approximate surface area is 109 Å². The summed E-state index contributed by atoms with van der Waals surface area (Å²) in [6.07, 6.45) is 3.77. The van der Waals surface area contributed by atoms with E-state index in [1.807, 2.05) is 13.0 Å². The van der Waals surface area contributed by atoms with Crippen LogP contribution in [0.5, 0.6) is 0 Å². The molecule has 2 nitrogen and oxygen atoms in total. The van der Waals surface area contributed by atoms with Crippen molar-refractivity contribution in [2.75, 3.05) is 6.61 Å². The number of allylic oxidation sites excluding steroid dienone is 1. The van der Waals surface area contributed by atoms with Crippen molar-refractivity contribution >= 4 is 5.97 Å². The number of esters is 1. The molecule has 0 bridgehead atoms. The Morgan fingerprint density at radius 1 is 1.33 bits per heavy atom. The molecule has 1 aromatic carbocycles. The number of hydrogen-bond acceptors (Lipinski definition) is 2. The molecule has 0 saturated heterocycles. The lowest BCUT2D eigenvalue weighted by atomic mass is 10.0. The van der Waals surface area contributed by atoms with Crippen molar-refractivity contribution in [3.63, 3.8) is 0 Å². The van der Waals surface area contributed by atoms with Crippen molar-refractivity contribution in [2.24, 2.45) is 5.92 Å². The minimum absolute atomic E-state index is 0.201. The average molecular weight is 244 g/mol. The molecule has 2 heteroatoms. The van der Waals surface area contributed by atoms with Gasteiger partial charge >= 0.3 is 5.97 Å². The molecule has 1 aliphatic rings. The molecule has 2 atom stereocenters. The van der Waals surface area contributed by atoms with Gasteiger partial charge in [0.2, 0.25) is 0 Å². The lowest BCUT2D eigenvalue weighted by molar-refractivity contribution is -0.137. The van der Waals surface area contributed by atoms with Crippen LogP contribution in [0.25, 0.3) is 0 Å². The van der Waals surface area contributed by atoms with Gasteiger partial charge in [-0.3, -0.25) is 0 Å². The molecule has 2 rings (SSSR count). The highest BCUT2D eigenvalue weighted by Crippen LogP contribution is 2.52. The zero-order chi connectivity index (χ0) is 13.0. The second kappa shape index (κ2) is 5.85. The zero-order valence-corrected chi connectivity index (χ0v) is 11.1. The fourth-order valence-electron chi connectivity index (χ4n) is 2.48. The Morgan fingerprint density at radius 3 is 2.67 bits per heavy atom. The fourth-order valence-corrected chi connectivity index (χ4v) is 2.48. The van der Waals surface area contributed by atoms with Gasteiger partial charge in [0.05, 0.1) is 6.61 Å². The van der Waals surface area contributed by atoms with Crippen LogP contribution in [-0.4, -0.2) is 12.6 Å². The van der Waals surface area contributed by atoms with Crippen LogP contribution < -0.4 is 0 Å². The van der Waals surface area contributed by atoms with E-state index in [2.05, 4.69) is 31.2 Å². The Bertz CT molecular complexity index is 434. The quantitative estimate of drug-likeness (QED) is 0.583. The van der Waals surface area contributed by atoms with Crippen LogP contribution in [0.3, 0.4) is 0 Å². The minimum Gasteiger partial charge on any atom is -0.463 e. The molecule has 0 unspecified atom stereocenters. The summed E-state index contributed by atoms with van der Waals surface area (Å²) < 4.78 is 4.98. The van der Waals surface area contributed by atoms with Gasteiger partial charge < -0.3 is 4.74 Å². The van der Waals surface area contributed by atoms with Gasteiger partial charge in [0, 0.05) is 6.08 Å². The molecule has 0 amide bonds. The van der Waals surface area contributed by atoms with Crippen molar-refractivity contribution in [2.45, 2.75) is 32.6 Å². The third-order valence-corrected chi connectivity index (χ3v) is 3.49. The van der Waals surface area contributed by atoms with E-state index < -0.39 is 0 Å². The molecule has 0 aliphatic heterocycles. The molecule has 0 radical (unpaired) electrons. The summed E-state index contributed by atoms with van der Waals surface area (Å²) in [6, 6.07) is 10.5. The molecule has 1 aromatic rings. The second-order valence-electron chi connectivity index (χ2n) is 4.68. The zero-order valence-electron chi connectivity index (χ0n) is 11.1. The van der Waals surface area contributed by atoms with Gasteiger partial charge in [-0.15, -0.1) is 0 Å². The minimum atomic E-state index is -0.201. The number of carbonyl (C=O) groups is 1. The Morgan fingerprint density at radius 2 is 2.06 bits per heavy atom. The van der Waals surface area contributed by atoms with E-state index in [9.17, 15) is 4.79 Å². The van der Waals surface area contributed by atoms with E-state index in [-0.39, 0.29) is 5.97 Å². The van der Waals surface area contributed by atoms with Crippen LogP contribution in [0.15, 0.2) is 42.0 Å². The van der Waals surface area contributed by atoms with Crippen LogP contribution in [0.1, 0.15) is 38.2 Å². The summed E-state index contributed by atoms with van der Waals surface area (Å²) in [5, 5.41) is 0. The van der Waals surface area contributed by atoms with Gasteiger partial charge in [0.15, 0.2) is 0 Å². The van der Waals surface area contributed by atoms with Crippen LogP contribution in [0, 0.1) is 5.92 Å². The van der Waals surface area contributed by atoms with E-state index in [1.54, 1.807) is 6.08 Å². The molecule has 0 N–H and O–H groups in total. The first kappa shape index (κ1) is 12.9. The predicted octanol–water partition coefficient (Wildman–Crippen LogP) is 3.69. The lowest BCUT2D eigenvalue weighted by Crippen LogP contribution is -2.02. The molecule has 1 aliphatic carbocycles. The van der Waals surface area contributed by atoms with E-state index in [4.69, 9.17) is 4.74 Å². The SMILES string of the molecule is CCOC(=O)C=C(CC)[C@H]1C[C@@H]1c1ccccc1. The Kier molecular flexibility index (Phi) is 4.19. The normalized spacial score (nSPS) is 22.7. The molecular formula is C16H20O2. The summed E-state index contributed by atoms with van der Waals surface area (Å²) >= 11 is 0. The van der Waals surface area contributed by atoms with Gasteiger partial charge in [0.1, 0.15) is 0 Å².